The summed E-state index contributed by atoms with van der Waals surface area (Å²) in [5.41, 5.74) is 6.32. The van der Waals surface area contributed by atoms with Crippen LogP contribution in [0.3, 0.4) is 0 Å². The number of rotatable bonds is 4. The Morgan fingerprint density at radius 2 is 2.05 bits per heavy atom. The highest BCUT2D eigenvalue weighted by molar-refractivity contribution is 5.78. The van der Waals surface area contributed by atoms with Crippen molar-refractivity contribution in [2.45, 2.75) is 25.8 Å². The van der Waals surface area contributed by atoms with Crippen LogP contribution in [0.2, 0.25) is 0 Å². The van der Waals surface area contributed by atoms with Crippen molar-refractivity contribution in [2.24, 2.45) is 0 Å². The molecular formula is C16H25N3O2. The maximum atomic E-state index is 12.4. The van der Waals surface area contributed by atoms with Crippen molar-refractivity contribution in [3.63, 3.8) is 0 Å². The summed E-state index contributed by atoms with van der Waals surface area (Å²) in [4.78, 5) is 16.7. The van der Waals surface area contributed by atoms with Crippen molar-refractivity contribution in [3.05, 3.63) is 24.3 Å². The number of nitrogens with zero attached hydrogens (tertiary/aromatic N) is 2. The van der Waals surface area contributed by atoms with Crippen LogP contribution >= 0.6 is 0 Å². The second kappa shape index (κ2) is 7.31. The Morgan fingerprint density at radius 1 is 1.33 bits per heavy atom. The zero-order valence-electron chi connectivity index (χ0n) is 12.9. The largest absolute Gasteiger partial charge is 0.484 e. The fourth-order valence-corrected chi connectivity index (χ4v) is 2.71. The first-order valence-electron chi connectivity index (χ1n) is 7.56. The lowest BCUT2D eigenvalue weighted by atomic mass is 10.2. The molecule has 0 aliphatic carbocycles. The molecule has 1 amide bonds. The van der Waals surface area contributed by atoms with Gasteiger partial charge in [0, 0.05) is 24.8 Å². The van der Waals surface area contributed by atoms with Crippen LogP contribution in [-0.2, 0) is 4.79 Å². The summed E-state index contributed by atoms with van der Waals surface area (Å²) in [6.07, 6.45) is 1.98. The number of benzene rings is 1. The van der Waals surface area contributed by atoms with E-state index in [9.17, 15) is 4.79 Å². The van der Waals surface area contributed by atoms with E-state index in [0.717, 1.165) is 32.5 Å². The van der Waals surface area contributed by atoms with Crippen molar-refractivity contribution in [1.29, 1.82) is 0 Å². The summed E-state index contributed by atoms with van der Waals surface area (Å²) in [6.45, 7) is 5.01. The highest BCUT2D eigenvalue weighted by Gasteiger charge is 2.26. The molecule has 1 unspecified atom stereocenters. The van der Waals surface area contributed by atoms with Gasteiger partial charge in [0.25, 0.3) is 5.91 Å². The van der Waals surface area contributed by atoms with Crippen LogP contribution in [-0.4, -0.2) is 55.0 Å². The molecule has 0 bridgehead atoms. The van der Waals surface area contributed by atoms with Crippen molar-refractivity contribution in [1.82, 2.24) is 9.80 Å². The van der Waals surface area contributed by atoms with Crippen LogP contribution in [0.5, 0.6) is 5.75 Å². The number of carbonyl (C=O) groups excluding carboxylic acids is 1. The van der Waals surface area contributed by atoms with E-state index < -0.39 is 0 Å². The summed E-state index contributed by atoms with van der Waals surface area (Å²) < 4.78 is 5.58. The minimum atomic E-state index is 0.0639. The minimum Gasteiger partial charge on any atom is -0.484 e. The number of ether oxygens (including phenoxy) is 1. The van der Waals surface area contributed by atoms with E-state index in [1.807, 2.05) is 4.90 Å². The Balaban J connectivity index is 1.93. The number of anilines is 1. The molecule has 116 valence electrons. The molecule has 0 aromatic heterocycles. The predicted octanol–water partition coefficient (Wildman–Crippen LogP) is 1.59. The minimum absolute atomic E-state index is 0.0639. The Labute approximate surface area is 126 Å². The Bertz CT molecular complexity index is 461. The maximum absolute atomic E-state index is 12.4. The molecule has 1 aromatic carbocycles. The van der Waals surface area contributed by atoms with Crippen molar-refractivity contribution < 1.29 is 9.53 Å². The van der Waals surface area contributed by atoms with E-state index in [0.29, 0.717) is 11.4 Å². The van der Waals surface area contributed by atoms with Gasteiger partial charge in [-0.05, 0) is 50.7 Å². The molecule has 2 rings (SSSR count). The van der Waals surface area contributed by atoms with Gasteiger partial charge < -0.3 is 20.3 Å². The number of hydrogen-bond acceptors (Lipinski definition) is 4. The quantitative estimate of drug-likeness (QED) is 0.856. The lowest BCUT2D eigenvalue weighted by Gasteiger charge is -2.30. The number of likely N-dealkylation sites (N-methyl/N-ethyl adjacent to an activating group) is 1. The van der Waals surface area contributed by atoms with Gasteiger partial charge in [-0.1, -0.05) is 6.92 Å². The van der Waals surface area contributed by atoms with Gasteiger partial charge in [0.05, 0.1) is 0 Å². The molecule has 0 spiro atoms. The Morgan fingerprint density at radius 3 is 2.71 bits per heavy atom. The summed E-state index contributed by atoms with van der Waals surface area (Å²) in [6, 6.07) is 7.40. The molecule has 1 fully saturated rings. The zero-order chi connectivity index (χ0) is 15.2. The smallest absolute Gasteiger partial charge is 0.260 e. The van der Waals surface area contributed by atoms with Gasteiger partial charge in [0.1, 0.15) is 5.75 Å². The molecule has 1 aliphatic rings. The maximum Gasteiger partial charge on any atom is 0.260 e. The number of amides is 1. The zero-order valence-corrected chi connectivity index (χ0v) is 12.9. The molecule has 1 aromatic rings. The van der Waals surface area contributed by atoms with Gasteiger partial charge in [-0.2, -0.15) is 0 Å². The molecule has 2 N–H and O–H groups in total. The van der Waals surface area contributed by atoms with Crippen LogP contribution in [0.25, 0.3) is 0 Å². The molecule has 21 heavy (non-hydrogen) atoms. The lowest BCUT2D eigenvalue weighted by molar-refractivity contribution is -0.135. The van der Waals surface area contributed by atoms with Crippen molar-refractivity contribution in [3.8, 4) is 5.75 Å². The third-order valence-corrected chi connectivity index (χ3v) is 3.94. The van der Waals surface area contributed by atoms with Gasteiger partial charge in [0.15, 0.2) is 6.61 Å². The number of hydrogen-bond donors (Lipinski definition) is 1. The molecular weight excluding hydrogens is 266 g/mol. The molecule has 5 heteroatoms. The standard InChI is InChI=1S/C16H25N3O2/c1-3-14-11-18(2)9-4-10-19(14)16(20)12-21-15-7-5-13(17)6-8-15/h5-8,14H,3-4,9-12,17H2,1-2H3. The fourth-order valence-electron chi connectivity index (χ4n) is 2.71. The van der Waals surface area contributed by atoms with E-state index in [2.05, 4.69) is 18.9 Å². The summed E-state index contributed by atoms with van der Waals surface area (Å²) in [5.74, 6) is 0.742. The topological polar surface area (TPSA) is 58.8 Å². The van der Waals surface area contributed by atoms with Gasteiger partial charge >= 0.3 is 0 Å². The van der Waals surface area contributed by atoms with Crippen LogP contribution < -0.4 is 10.5 Å². The van der Waals surface area contributed by atoms with E-state index in [1.165, 1.54) is 0 Å². The van der Waals surface area contributed by atoms with Crippen LogP contribution in [0.4, 0.5) is 5.69 Å². The molecule has 1 heterocycles. The Hall–Kier alpha value is -1.75. The van der Waals surface area contributed by atoms with Crippen molar-refractivity contribution >= 4 is 11.6 Å². The van der Waals surface area contributed by atoms with Crippen LogP contribution in [0, 0.1) is 0 Å². The normalized spacial score (nSPS) is 20.1. The van der Waals surface area contributed by atoms with Crippen molar-refractivity contribution in [2.75, 3.05) is 39.0 Å². The third-order valence-electron chi connectivity index (χ3n) is 3.94. The SMILES string of the molecule is CCC1CN(C)CCCN1C(=O)COc1ccc(N)cc1. The first-order chi connectivity index (χ1) is 10.1. The molecule has 1 atom stereocenters. The summed E-state index contributed by atoms with van der Waals surface area (Å²) >= 11 is 0. The monoisotopic (exact) mass is 291 g/mol. The number of nitrogens with two attached hydrogens (primary N) is 1. The van der Waals surface area contributed by atoms with Gasteiger partial charge in [-0.3, -0.25) is 4.79 Å². The first kappa shape index (κ1) is 15.6. The lowest BCUT2D eigenvalue weighted by Crippen LogP contribution is -2.45. The highest BCUT2D eigenvalue weighted by Crippen LogP contribution is 2.15. The number of carbonyl (C=O) groups is 1. The van der Waals surface area contributed by atoms with E-state index in [4.69, 9.17) is 10.5 Å². The van der Waals surface area contributed by atoms with Gasteiger partial charge in [0.2, 0.25) is 0 Å². The highest BCUT2D eigenvalue weighted by atomic mass is 16.5. The third kappa shape index (κ3) is 4.36. The number of nitrogen functional groups attached to an aromatic ring is 1. The average Bonchev–Trinajstić information content (AvgIpc) is 2.67. The Kier molecular flexibility index (Phi) is 5.44. The summed E-state index contributed by atoms with van der Waals surface area (Å²) in [7, 11) is 2.11. The first-order valence-corrected chi connectivity index (χ1v) is 7.56. The molecule has 1 saturated heterocycles. The van der Waals surface area contributed by atoms with Crippen LogP contribution in [0.1, 0.15) is 19.8 Å². The van der Waals surface area contributed by atoms with Gasteiger partial charge in [-0.15, -0.1) is 0 Å². The second-order valence-corrected chi connectivity index (χ2v) is 5.62. The molecule has 0 radical (unpaired) electrons. The van der Waals surface area contributed by atoms with Crippen LogP contribution in [0.15, 0.2) is 24.3 Å². The predicted molar refractivity (Wildman–Crippen MR) is 84.3 cm³/mol. The summed E-state index contributed by atoms with van der Waals surface area (Å²) in [5, 5.41) is 0. The van der Waals surface area contributed by atoms with E-state index in [1.54, 1.807) is 24.3 Å². The van der Waals surface area contributed by atoms with Gasteiger partial charge in [-0.25, -0.2) is 0 Å². The average molecular weight is 291 g/mol. The molecule has 0 saturated carbocycles. The fraction of sp³-hybridized carbons (Fsp3) is 0.562. The van der Waals surface area contributed by atoms with E-state index in [-0.39, 0.29) is 18.6 Å². The second-order valence-electron chi connectivity index (χ2n) is 5.62. The van der Waals surface area contributed by atoms with E-state index >= 15 is 0 Å². The molecule has 1 aliphatic heterocycles. The molecule has 5 nitrogen and oxygen atoms in total.